The van der Waals surface area contributed by atoms with Crippen LogP contribution < -0.4 is 19.6 Å². The third-order valence-corrected chi connectivity index (χ3v) is 3.38. The number of benzene rings is 2. The summed E-state index contributed by atoms with van der Waals surface area (Å²) in [5, 5.41) is 3.96. The Labute approximate surface area is 141 Å². The quantitative estimate of drug-likeness (QED) is 0.654. The first-order chi connectivity index (χ1) is 11.6. The SMILES string of the molecule is COc1cc(C(=O)N/N=C/c2ccc(C)cc2)cc(OC)c1OC. The average molecular weight is 328 g/mol. The van der Waals surface area contributed by atoms with Gasteiger partial charge in [-0.1, -0.05) is 29.8 Å². The first-order valence-electron chi connectivity index (χ1n) is 7.29. The maximum atomic E-state index is 12.2. The van der Waals surface area contributed by atoms with Crippen LogP contribution in [0.2, 0.25) is 0 Å². The van der Waals surface area contributed by atoms with E-state index in [9.17, 15) is 4.79 Å². The number of rotatable bonds is 6. The molecule has 0 saturated carbocycles. The summed E-state index contributed by atoms with van der Waals surface area (Å²) < 4.78 is 15.7. The predicted molar refractivity (Wildman–Crippen MR) is 92.3 cm³/mol. The summed E-state index contributed by atoms with van der Waals surface area (Å²) in [5.41, 5.74) is 4.89. The smallest absolute Gasteiger partial charge is 0.271 e. The highest BCUT2D eigenvalue weighted by atomic mass is 16.5. The molecule has 0 aliphatic carbocycles. The average Bonchev–Trinajstić information content (AvgIpc) is 2.61. The maximum absolute atomic E-state index is 12.2. The molecule has 0 spiro atoms. The predicted octanol–water partition coefficient (Wildman–Crippen LogP) is 2.78. The molecule has 0 unspecified atom stereocenters. The Kier molecular flexibility index (Phi) is 5.78. The number of amides is 1. The van der Waals surface area contributed by atoms with Gasteiger partial charge in [0.15, 0.2) is 11.5 Å². The number of nitrogens with one attached hydrogen (secondary N) is 1. The molecule has 0 aliphatic rings. The molecule has 0 radical (unpaired) electrons. The van der Waals surface area contributed by atoms with Crippen LogP contribution in [-0.4, -0.2) is 33.5 Å². The number of hydrogen-bond donors (Lipinski definition) is 1. The van der Waals surface area contributed by atoms with E-state index in [1.54, 1.807) is 18.3 Å². The zero-order chi connectivity index (χ0) is 17.5. The topological polar surface area (TPSA) is 69.2 Å². The summed E-state index contributed by atoms with van der Waals surface area (Å²) in [6.45, 7) is 2.01. The van der Waals surface area contributed by atoms with Crippen molar-refractivity contribution in [3.8, 4) is 17.2 Å². The summed E-state index contributed by atoms with van der Waals surface area (Å²) in [7, 11) is 4.50. The van der Waals surface area contributed by atoms with Crippen LogP contribution in [0.4, 0.5) is 0 Å². The van der Waals surface area contributed by atoms with Crippen molar-refractivity contribution in [1.82, 2.24) is 5.43 Å². The van der Waals surface area contributed by atoms with Crippen LogP contribution in [0.3, 0.4) is 0 Å². The molecule has 6 heteroatoms. The fourth-order valence-electron chi connectivity index (χ4n) is 2.09. The largest absolute Gasteiger partial charge is 0.493 e. The van der Waals surface area contributed by atoms with E-state index in [-0.39, 0.29) is 5.91 Å². The summed E-state index contributed by atoms with van der Waals surface area (Å²) in [6.07, 6.45) is 1.58. The molecule has 1 N–H and O–H groups in total. The summed E-state index contributed by atoms with van der Waals surface area (Å²) in [4.78, 5) is 12.2. The molecule has 0 aliphatic heterocycles. The highest BCUT2D eigenvalue weighted by molar-refractivity contribution is 5.96. The van der Waals surface area contributed by atoms with Crippen molar-refractivity contribution in [3.05, 3.63) is 53.1 Å². The molecule has 6 nitrogen and oxygen atoms in total. The standard InChI is InChI=1S/C18H20N2O4/c1-12-5-7-13(8-6-12)11-19-20-18(21)14-9-15(22-2)17(24-4)16(10-14)23-3/h5-11H,1-4H3,(H,20,21)/b19-11+. The Morgan fingerprint density at radius 2 is 1.58 bits per heavy atom. The molecule has 126 valence electrons. The molecule has 0 bridgehead atoms. The van der Waals surface area contributed by atoms with E-state index in [4.69, 9.17) is 14.2 Å². The number of ether oxygens (including phenoxy) is 3. The first kappa shape index (κ1) is 17.3. The van der Waals surface area contributed by atoms with Gasteiger partial charge in [-0.15, -0.1) is 0 Å². The van der Waals surface area contributed by atoms with Crippen LogP contribution in [0, 0.1) is 6.92 Å². The molecule has 1 amide bonds. The minimum Gasteiger partial charge on any atom is -0.493 e. The Morgan fingerprint density at radius 1 is 1.00 bits per heavy atom. The van der Waals surface area contributed by atoms with Gasteiger partial charge in [-0.25, -0.2) is 5.43 Å². The number of hydrazone groups is 1. The lowest BCUT2D eigenvalue weighted by Crippen LogP contribution is -2.18. The first-order valence-corrected chi connectivity index (χ1v) is 7.29. The number of nitrogens with zero attached hydrogens (tertiary/aromatic N) is 1. The molecule has 0 heterocycles. The molecular weight excluding hydrogens is 308 g/mol. The third-order valence-electron chi connectivity index (χ3n) is 3.38. The highest BCUT2D eigenvalue weighted by Crippen LogP contribution is 2.38. The third kappa shape index (κ3) is 4.04. The molecule has 0 aromatic heterocycles. The summed E-state index contributed by atoms with van der Waals surface area (Å²) in [6, 6.07) is 10.9. The summed E-state index contributed by atoms with van der Waals surface area (Å²) in [5.74, 6) is 0.867. The Bertz CT molecular complexity index is 714. The monoisotopic (exact) mass is 328 g/mol. The molecule has 0 atom stereocenters. The zero-order valence-electron chi connectivity index (χ0n) is 14.1. The van der Waals surface area contributed by atoms with E-state index in [1.807, 2.05) is 31.2 Å². The second kappa shape index (κ2) is 8.01. The van der Waals surface area contributed by atoms with Crippen molar-refractivity contribution < 1.29 is 19.0 Å². The van der Waals surface area contributed by atoms with Crippen LogP contribution in [0.25, 0.3) is 0 Å². The number of carbonyl (C=O) groups excluding carboxylic acids is 1. The molecule has 0 saturated heterocycles. The number of hydrogen-bond acceptors (Lipinski definition) is 5. The normalized spacial score (nSPS) is 10.5. The van der Waals surface area contributed by atoms with Crippen molar-refractivity contribution in [3.63, 3.8) is 0 Å². The lowest BCUT2D eigenvalue weighted by molar-refractivity contribution is 0.0954. The van der Waals surface area contributed by atoms with Crippen molar-refractivity contribution >= 4 is 12.1 Å². The van der Waals surface area contributed by atoms with Gasteiger partial charge >= 0.3 is 0 Å². The second-order valence-corrected chi connectivity index (χ2v) is 5.02. The molecule has 24 heavy (non-hydrogen) atoms. The molecule has 2 aromatic rings. The van der Waals surface area contributed by atoms with E-state index in [2.05, 4.69) is 10.5 Å². The highest BCUT2D eigenvalue weighted by Gasteiger charge is 2.16. The van der Waals surface area contributed by atoms with Crippen LogP contribution in [0.1, 0.15) is 21.5 Å². The van der Waals surface area contributed by atoms with Gasteiger partial charge in [-0.05, 0) is 24.6 Å². The van der Waals surface area contributed by atoms with Gasteiger partial charge in [0.1, 0.15) is 0 Å². The maximum Gasteiger partial charge on any atom is 0.271 e. The van der Waals surface area contributed by atoms with Gasteiger partial charge in [-0.2, -0.15) is 5.10 Å². The van der Waals surface area contributed by atoms with Gasteiger partial charge in [0.05, 0.1) is 27.5 Å². The van der Waals surface area contributed by atoms with Gasteiger partial charge in [-0.3, -0.25) is 4.79 Å². The van der Waals surface area contributed by atoms with Crippen molar-refractivity contribution in [1.29, 1.82) is 0 Å². The van der Waals surface area contributed by atoms with E-state index < -0.39 is 0 Å². The molecular formula is C18H20N2O4. The van der Waals surface area contributed by atoms with Crippen molar-refractivity contribution in [2.45, 2.75) is 6.92 Å². The number of aryl methyl sites for hydroxylation is 1. The fraction of sp³-hybridized carbons (Fsp3) is 0.222. The second-order valence-electron chi connectivity index (χ2n) is 5.02. The van der Waals surface area contributed by atoms with Crippen LogP contribution in [0.15, 0.2) is 41.5 Å². The van der Waals surface area contributed by atoms with Crippen LogP contribution in [0.5, 0.6) is 17.2 Å². The minimum absolute atomic E-state index is 0.352. The molecule has 0 fully saturated rings. The van der Waals surface area contributed by atoms with Gasteiger partial charge < -0.3 is 14.2 Å². The van der Waals surface area contributed by atoms with Gasteiger partial charge in [0, 0.05) is 5.56 Å². The Balaban J connectivity index is 2.15. The van der Waals surface area contributed by atoms with Crippen LogP contribution in [-0.2, 0) is 0 Å². The van der Waals surface area contributed by atoms with E-state index in [1.165, 1.54) is 21.3 Å². The van der Waals surface area contributed by atoms with Crippen molar-refractivity contribution in [2.24, 2.45) is 5.10 Å². The zero-order valence-corrected chi connectivity index (χ0v) is 14.1. The number of carbonyl (C=O) groups is 1. The van der Waals surface area contributed by atoms with E-state index >= 15 is 0 Å². The molecule has 2 rings (SSSR count). The minimum atomic E-state index is -0.377. The van der Waals surface area contributed by atoms with Gasteiger partial charge in [0.2, 0.25) is 5.75 Å². The Morgan fingerprint density at radius 3 is 2.08 bits per heavy atom. The summed E-state index contributed by atoms with van der Waals surface area (Å²) >= 11 is 0. The van der Waals surface area contributed by atoms with Crippen molar-refractivity contribution in [2.75, 3.05) is 21.3 Å². The van der Waals surface area contributed by atoms with E-state index in [0.717, 1.165) is 11.1 Å². The van der Waals surface area contributed by atoms with Crippen LogP contribution >= 0.6 is 0 Å². The fourth-order valence-corrected chi connectivity index (χ4v) is 2.09. The number of methoxy groups -OCH3 is 3. The lowest BCUT2D eigenvalue weighted by Gasteiger charge is -2.13. The Hall–Kier alpha value is -3.02. The lowest BCUT2D eigenvalue weighted by atomic mass is 10.1. The van der Waals surface area contributed by atoms with E-state index in [0.29, 0.717) is 22.8 Å². The van der Waals surface area contributed by atoms with Gasteiger partial charge in [0.25, 0.3) is 5.91 Å². The molecule has 2 aromatic carbocycles.